The number of allylic oxidation sites excluding steroid dienone is 8. The van der Waals surface area contributed by atoms with Gasteiger partial charge >= 0.3 is 6.18 Å². The van der Waals surface area contributed by atoms with Crippen molar-refractivity contribution in [3.8, 4) is 5.75 Å². The second kappa shape index (κ2) is 16.4. The summed E-state index contributed by atoms with van der Waals surface area (Å²) in [6.07, 6.45) is 5.09. The molecule has 242 valence electrons. The molecule has 0 saturated heterocycles. The molecule has 0 aromatic heterocycles. The van der Waals surface area contributed by atoms with Gasteiger partial charge in [-0.3, -0.25) is 4.90 Å². The zero-order valence-corrected chi connectivity index (χ0v) is 27.3. The summed E-state index contributed by atoms with van der Waals surface area (Å²) >= 11 is 0. The summed E-state index contributed by atoms with van der Waals surface area (Å²) < 4.78 is 51.1. The number of likely N-dealkylation sites (N-methyl/N-ethyl adjacent to an activating group) is 2. The molecule has 2 aromatic rings. The average Bonchev–Trinajstić information content (AvgIpc) is 3.25. The van der Waals surface area contributed by atoms with E-state index in [0.29, 0.717) is 25.2 Å². The van der Waals surface area contributed by atoms with Gasteiger partial charge in [0.05, 0.1) is 12.2 Å². The Bertz CT molecular complexity index is 1400. The Morgan fingerprint density at radius 2 is 1.60 bits per heavy atom. The summed E-state index contributed by atoms with van der Waals surface area (Å²) in [6.45, 7) is 16.8. The highest BCUT2D eigenvalue weighted by molar-refractivity contribution is 5.41. The lowest BCUT2D eigenvalue weighted by Gasteiger charge is -2.28. The van der Waals surface area contributed by atoms with Crippen LogP contribution >= 0.6 is 0 Å². The van der Waals surface area contributed by atoms with Crippen LogP contribution in [0.1, 0.15) is 51.2 Å². The fourth-order valence-corrected chi connectivity index (χ4v) is 4.96. The van der Waals surface area contributed by atoms with Crippen molar-refractivity contribution in [1.82, 2.24) is 9.80 Å². The van der Waals surface area contributed by atoms with Crippen LogP contribution in [0, 0.1) is 0 Å². The molecular formula is C38H47F3N2O2. The maximum Gasteiger partial charge on any atom is 0.416 e. The molecule has 4 nitrogen and oxygen atoms in total. The molecule has 2 aromatic carbocycles. The van der Waals surface area contributed by atoms with Gasteiger partial charge in [-0.1, -0.05) is 85.5 Å². The Balaban J connectivity index is 1.67. The number of benzene rings is 2. The first-order valence-corrected chi connectivity index (χ1v) is 15.3. The van der Waals surface area contributed by atoms with Gasteiger partial charge in [0.2, 0.25) is 0 Å². The number of hydrogen-bond acceptors (Lipinski definition) is 4. The van der Waals surface area contributed by atoms with Crippen LogP contribution in [0.4, 0.5) is 13.2 Å². The molecule has 1 aliphatic rings. The van der Waals surface area contributed by atoms with E-state index in [9.17, 15) is 13.2 Å². The topological polar surface area (TPSA) is 24.9 Å². The highest BCUT2D eigenvalue weighted by Gasteiger charge is 2.31. The van der Waals surface area contributed by atoms with Crippen LogP contribution in [0.2, 0.25) is 0 Å². The van der Waals surface area contributed by atoms with Gasteiger partial charge in [-0.2, -0.15) is 13.2 Å². The Labute approximate surface area is 267 Å². The van der Waals surface area contributed by atoms with E-state index in [0.717, 1.165) is 60.7 Å². The summed E-state index contributed by atoms with van der Waals surface area (Å²) in [7, 11) is 4.18. The third-order valence-corrected chi connectivity index (χ3v) is 7.63. The van der Waals surface area contributed by atoms with Crippen molar-refractivity contribution in [2.45, 2.75) is 64.9 Å². The number of ether oxygens (including phenoxy) is 2. The van der Waals surface area contributed by atoms with E-state index < -0.39 is 17.4 Å². The highest BCUT2D eigenvalue weighted by Crippen LogP contribution is 2.30. The van der Waals surface area contributed by atoms with E-state index in [4.69, 9.17) is 9.47 Å². The Morgan fingerprint density at radius 1 is 0.933 bits per heavy atom. The number of halogens is 3. The normalized spacial score (nSPS) is 14.0. The smallest absolute Gasteiger partial charge is 0.416 e. The third-order valence-electron chi connectivity index (χ3n) is 7.63. The maximum atomic E-state index is 13.1. The molecule has 0 radical (unpaired) electrons. The molecule has 0 spiro atoms. The Morgan fingerprint density at radius 3 is 2.24 bits per heavy atom. The van der Waals surface area contributed by atoms with E-state index in [1.54, 1.807) is 12.2 Å². The third kappa shape index (κ3) is 11.5. The van der Waals surface area contributed by atoms with Crippen molar-refractivity contribution >= 4 is 0 Å². The second-order valence-corrected chi connectivity index (χ2v) is 11.9. The van der Waals surface area contributed by atoms with Crippen molar-refractivity contribution in [1.29, 1.82) is 0 Å². The van der Waals surface area contributed by atoms with E-state index in [-0.39, 0.29) is 0 Å². The van der Waals surface area contributed by atoms with Gasteiger partial charge in [0.1, 0.15) is 11.5 Å². The lowest BCUT2D eigenvalue weighted by atomic mass is 9.99. The molecule has 0 saturated carbocycles. The Kier molecular flexibility index (Phi) is 12.9. The lowest BCUT2D eigenvalue weighted by molar-refractivity contribution is -0.0881. The van der Waals surface area contributed by atoms with Gasteiger partial charge in [-0.15, -0.1) is 0 Å². The number of nitrogens with zero attached hydrogens (tertiary/aromatic N) is 2. The van der Waals surface area contributed by atoms with Gasteiger partial charge in [-0.05, 0) is 82.0 Å². The number of hydrogen-bond donors (Lipinski definition) is 0. The fraction of sp³-hybridized carbons (Fsp3) is 0.368. The Hall–Kier alpha value is -3.97. The summed E-state index contributed by atoms with van der Waals surface area (Å²) in [5, 5.41) is 0. The summed E-state index contributed by atoms with van der Waals surface area (Å²) in [5.41, 5.74) is 3.93. The van der Waals surface area contributed by atoms with Crippen LogP contribution in [0.5, 0.6) is 5.75 Å². The first-order chi connectivity index (χ1) is 21.3. The van der Waals surface area contributed by atoms with Gasteiger partial charge in [0, 0.05) is 32.4 Å². The SMILES string of the molecule is C=C(CC/C=C(/CN(C)Cc1ccc(OC(C)(C)C(=C)OCC)cc1)N(C)Cc1ccccc1)C1=CC=C(C(F)(F)F)C=CC1. The molecule has 0 unspecified atom stereocenters. The predicted octanol–water partition coefficient (Wildman–Crippen LogP) is 9.55. The minimum absolute atomic E-state index is 0.435. The molecule has 0 atom stereocenters. The minimum Gasteiger partial charge on any atom is -0.495 e. The summed E-state index contributed by atoms with van der Waals surface area (Å²) in [6, 6.07) is 18.4. The quantitative estimate of drug-likeness (QED) is 0.175. The van der Waals surface area contributed by atoms with Gasteiger partial charge < -0.3 is 14.4 Å². The minimum atomic E-state index is -4.36. The molecule has 0 bridgehead atoms. The van der Waals surface area contributed by atoms with Crippen molar-refractivity contribution < 1.29 is 22.6 Å². The molecule has 1 aliphatic carbocycles. The van der Waals surface area contributed by atoms with Gasteiger partial charge in [-0.25, -0.2) is 0 Å². The first-order valence-electron chi connectivity index (χ1n) is 15.3. The average molecular weight is 621 g/mol. The zero-order valence-electron chi connectivity index (χ0n) is 27.3. The molecule has 0 aliphatic heterocycles. The highest BCUT2D eigenvalue weighted by atomic mass is 19.4. The van der Waals surface area contributed by atoms with Gasteiger partial charge in [0.15, 0.2) is 5.60 Å². The lowest BCUT2D eigenvalue weighted by Crippen LogP contribution is -2.31. The summed E-state index contributed by atoms with van der Waals surface area (Å²) in [4.78, 5) is 4.52. The summed E-state index contributed by atoms with van der Waals surface area (Å²) in [5.74, 6) is 1.34. The molecule has 0 heterocycles. The number of alkyl halides is 3. The molecule has 45 heavy (non-hydrogen) atoms. The predicted molar refractivity (Wildman–Crippen MR) is 179 cm³/mol. The largest absolute Gasteiger partial charge is 0.495 e. The molecule has 3 rings (SSSR count). The molecule has 7 heteroatoms. The van der Waals surface area contributed by atoms with Crippen molar-refractivity contribution in [3.05, 3.63) is 137 Å². The van der Waals surface area contributed by atoms with E-state index in [1.165, 1.54) is 11.3 Å². The molecular weight excluding hydrogens is 573 g/mol. The van der Waals surface area contributed by atoms with Crippen LogP contribution in [-0.2, 0) is 17.8 Å². The van der Waals surface area contributed by atoms with Crippen LogP contribution in [-0.4, -0.2) is 48.8 Å². The van der Waals surface area contributed by atoms with Crippen molar-refractivity contribution in [3.63, 3.8) is 0 Å². The first kappa shape index (κ1) is 35.5. The van der Waals surface area contributed by atoms with Crippen molar-refractivity contribution in [2.24, 2.45) is 0 Å². The zero-order chi connectivity index (χ0) is 33.0. The second-order valence-electron chi connectivity index (χ2n) is 11.9. The maximum absolute atomic E-state index is 13.1. The molecule has 0 fully saturated rings. The standard InChI is InChI=1S/C38H47F3N2O2/c1-8-44-30(3)37(4,5)45-36-24-20-32(21-25-36)26-42(6)28-35(43(7)27-31-15-10-9-11-16-31)19-12-14-29(2)33-17-13-18-34(23-22-33)38(39,40)41/h9-11,13,15-16,18-25H,2-3,8,12,14,17,26-28H2,1,4-7H3/b35-19-. The van der Waals surface area contributed by atoms with E-state index in [1.807, 2.05) is 51.1 Å². The van der Waals surface area contributed by atoms with E-state index in [2.05, 4.69) is 67.4 Å². The van der Waals surface area contributed by atoms with Crippen LogP contribution < -0.4 is 4.74 Å². The number of rotatable bonds is 16. The van der Waals surface area contributed by atoms with Crippen LogP contribution in [0.3, 0.4) is 0 Å². The van der Waals surface area contributed by atoms with Gasteiger partial charge in [0.25, 0.3) is 0 Å². The molecule has 0 amide bonds. The van der Waals surface area contributed by atoms with Crippen molar-refractivity contribution in [2.75, 3.05) is 27.2 Å². The van der Waals surface area contributed by atoms with Crippen LogP contribution in [0.15, 0.2) is 126 Å². The van der Waals surface area contributed by atoms with Crippen LogP contribution in [0.25, 0.3) is 0 Å². The van der Waals surface area contributed by atoms with E-state index >= 15 is 0 Å². The fourth-order valence-electron chi connectivity index (χ4n) is 4.96. The molecule has 0 N–H and O–H groups in total. The monoisotopic (exact) mass is 620 g/mol.